The van der Waals surface area contributed by atoms with Crippen LogP contribution in [0.1, 0.15) is 11.1 Å². The zero-order valence-electron chi connectivity index (χ0n) is 16.8. The fourth-order valence-electron chi connectivity index (χ4n) is 2.96. The van der Waals surface area contributed by atoms with Crippen LogP contribution in [0.2, 0.25) is 10.0 Å². The van der Waals surface area contributed by atoms with E-state index in [0.29, 0.717) is 42.7 Å². The van der Waals surface area contributed by atoms with E-state index in [9.17, 15) is 14.9 Å². The lowest BCUT2D eigenvalue weighted by molar-refractivity contribution is -0.384. The molecule has 7 nitrogen and oxygen atoms in total. The van der Waals surface area contributed by atoms with Gasteiger partial charge in [-0.1, -0.05) is 59.6 Å². The van der Waals surface area contributed by atoms with Gasteiger partial charge in [0.25, 0.3) is 11.6 Å². The van der Waals surface area contributed by atoms with Crippen molar-refractivity contribution in [2.24, 2.45) is 4.99 Å². The molecule has 1 heterocycles. The summed E-state index contributed by atoms with van der Waals surface area (Å²) in [6, 6.07) is 18.5. The number of non-ortho nitro benzene ring substituents is 1. The van der Waals surface area contributed by atoms with Gasteiger partial charge in [0.1, 0.15) is 12.4 Å². The molecule has 3 aromatic rings. The second kappa shape index (κ2) is 10.1. The molecule has 0 unspecified atom stereocenters. The zero-order valence-corrected chi connectivity index (χ0v) is 19.2. The van der Waals surface area contributed by atoms with Gasteiger partial charge in [-0.05, 0) is 41.6 Å². The highest BCUT2D eigenvalue weighted by molar-refractivity contribution is 8.18. The van der Waals surface area contributed by atoms with Crippen LogP contribution in [0.3, 0.4) is 0 Å². The summed E-state index contributed by atoms with van der Waals surface area (Å²) in [4.78, 5) is 27.8. The number of ether oxygens (including phenoxy) is 1. The number of nitro groups is 1. The first-order valence-electron chi connectivity index (χ1n) is 9.59. The maximum absolute atomic E-state index is 12.5. The molecule has 0 aliphatic carbocycles. The average molecular weight is 500 g/mol. The number of nitrogens with zero attached hydrogens (tertiary/aromatic N) is 2. The highest BCUT2D eigenvalue weighted by Gasteiger charge is 2.24. The molecule has 4 rings (SSSR count). The minimum atomic E-state index is -0.451. The zero-order chi connectivity index (χ0) is 23.4. The minimum Gasteiger partial charge on any atom is -0.488 e. The van der Waals surface area contributed by atoms with E-state index >= 15 is 0 Å². The molecule has 0 aromatic heterocycles. The Hall–Kier alpha value is -3.33. The van der Waals surface area contributed by atoms with Gasteiger partial charge in [0.15, 0.2) is 5.17 Å². The molecule has 0 saturated carbocycles. The molecule has 0 spiro atoms. The first-order valence-corrected chi connectivity index (χ1v) is 11.2. The Morgan fingerprint density at radius 1 is 1.09 bits per heavy atom. The van der Waals surface area contributed by atoms with E-state index in [0.717, 1.165) is 0 Å². The summed E-state index contributed by atoms with van der Waals surface area (Å²) in [5.41, 5.74) is 1.79. The van der Waals surface area contributed by atoms with E-state index in [1.807, 2.05) is 12.1 Å². The number of hydrogen-bond acceptors (Lipinski definition) is 6. The van der Waals surface area contributed by atoms with Gasteiger partial charge >= 0.3 is 0 Å². The van der Waals surface area contributed by atoms with Gasteiger partial charge in [0, 0.05) is 17.7 Å². The fraction of sp³-hybridized carbons (Fsp3) is 0.0435. The van der Waals surface area contributed by atoms with E-state index in [-0.39, 0.29) is 18.2 Å². The summed E-state index contributed by atoms with van der Waals surface area (Å²) in [5.74, 6) is 0.235. The average Bonchev–Trinajstić information content (AvgIpc) is 3.15. The molecule has 1 aliphatic heterocycles. The van der Waals surface area contributed by atoms with Crippen LogP contribution in [-0.4, -0.2) is 16.0 Å². The highest BCUT2D eigenvalue weighted by atomic mass is 35.5. The van der Waals surface area contributed by atoms with Crippen molar-refractivity contribution in [2.45, 2.75) is 6.61 Å². The lowest BCUT2D eigenvalue weighted by Crippen LogP contribution is -2.19. The van der Waals surface area contributed by atoms with Crippen LogP contribution in [0.5, 0.6) is 5.75 Å². The van der Waals surface area contributed by atoms with Crippen molar-refractivity contribution in [1.29, 1.82) is 0 Å². The summed E-state index contributed by atoms with van der Waals surface area (Å²) >= 11 is 13.4. The molecule has 1 amide bonds. The van der Waals surface area contributed by atoms with Crippen molar-refractivity contribution in [1.82, 2.24) is 5.32 Å². The first kappa shape index (κ1) is 22.8. The number of aliphatic imine (C=N–C) groups is 1. The van der Waals surface area contributed by atoms with Crippen molar-refractivity contribution >= 4 is 63.5 Å². The van der Waals surface area contributed by atoms with E-state index < -0.39 is 4.92 Å². The molecule has 1 aliphatic rings. The van der Waals surface area contributed by atoms with Crippen LogP contribution in [0.15, 0.2) is 76.6 Å². The summed E-state index contributed by atoms with van der Waals surface area (Å²) in [7, 11) is 0. The Bertz CT molecular complexity index is 1310. The molecular formula is C23H15Cl2N3O4S. The third-order valence-electron chi connectivity index (χ3n) is 4.53. The van der Waals surface area contributed by atoms with Gasteiger partial charge in [-0.15, -0.1) is 0 Å². The summed E-state index contributed by atoms with van der Waals surface area (Å²) in [5, 5.41) is 14.7. The van der Waals surface area contributed by atoms with E-state index in [1.54, 1.807) is 48.5 Å². The number of carbonyl (C=O) groups is 1. The maximum atomic E-state index is 12.5. The second-order valence-electron chi connectivity index (χ2n) is 6.81. The molecule has 1 saturated heterocycles. The predicted molar refractivity (Wildman–Crippen MR) is 131 cm³/mol. The molecule has 1 fully saturated rings. The summed E-state index contributed by atoms with van der Waals surface area (Å²) in [6.07, 6.45) is 1.70. The van der Waals surface area contributed by atoms with Crippen LogP contribution in [0, 0.1) is 10.1 Å². The number of amides is 1. The third kappa shape index (κ3) is 5.54. The number of amidine groups is 1. The molecule has 166 valence electrons. The number of benzene rings is 3. The molecule has 1 N–H and O–H groups in total. The van der Waals surface area contributed by atoms with Gasteiger partial charge in [0.2, 0.25) is 0 Å². The van der Waals surface area contributed by atoms with E-state index in [2.05, 4.69) is 10.3 Å². The Balaban J connectivity index is 1.53. The Kier molecular flexibility index (Phi) is 6.98. The van der Waals surface area contributed by atoms with Crippen molar-refractivity contribution in [3.63, 3.8) is 0 Å². The van der Waals surface area contributed by atoms with Crippen LogP contribution in [-0.2, 0) is 11.4 Å². The first-order chi connectivity index (χ1) is 15.9. The van der Waals surface area contributed by atoms with Crippen LogP contribution < -0.4 is 10.1 Å². The lowest BCUT2D eigenvalue weighted by atomic mass is 10.1. The maximum Gasteiger partial charge on any atom is 0.269 e. The number of nitrogens with one attached hydrogen (secondary N) is 1. The predicted octanol–water partition coefficient (Wildman–Crippen LogP) is 6.37. The molecule has 0 atom stereocenters. The number of para-hydroxylation sites is 1. The summed E-state index contributed by atoms with van der Waals surface area (Å²) in [6.45, 7) is 0.140. The molecule has 10 heteroatoms. The van der Waals surface area contributed by atoms with Gasteiger partial charge in [0.05, 0.1) is 25.6 Å². The fourth-order valence-corrected chi connectivity index (χ4v) is 4.13. The van der Waals surface area contributed by atoms with Crippen LogP contribution >= 0.6 is 35.0 Å². The van der Waals surface area contributed by atoms with Crippen LogP contribution in [0.4, 0.5) is 11.4 Å². The largest absolute Gasteiger partial charge is 0.488 e. The van der Waals surface area contributed by atoms with E-state index in [4.69, 9.17) is 27.9 Å². The van der Waals surface area contributed by atoms with E-state index in [1.165, 1.54) is 23.9 Å². The lowest BCUT2D eigenvalue weighted by Gasteiger charge is -2.09. The van der Waals surface area contributed by atoms with Crippen molar-refractivity contribution < 1.29 is 14.5 Å². The van der Waals surface area contributed by atoms with Gasteiger partial charge < -0.3 is 10.1 Å². The van der Waals surface area contributed by atoms with Crippen LogP contribution in [0.25, 0.3) is 6.08 Å². The van der Waals surface area contributed by atoms with Gasteiger partial charge in [-0.25, -0.2) is 4.99 Å². The number of hydrogen-bond donors (Lipinski definition) is 1. The second-order valence-corrected chi connectivity index (χ2v) is 8.62. The monoisotopic (exact) mass is 499 g/mol. The molecule has 0 bridgehead atoms. The smallest absolute Gasteiger partial charge is 0.269 e. The normalized spacial score (nSPS) is 15.6. The molecule has 33 heavy (non-hydrogen) atoms. The Morgan fingerprint density at radius 3 is 2.70 bits per heavy atom. The number of carbonyl (C=O) groups excluding carboxylic acids is 1. The van der Waals surface area contributed by atoms with Crippen molar-refractivity contribution in [3.8, 4) is 5.75 Å². The van der Waals surface area contributed by atoms with Crippen molar-refractivity contribution in [2.75, 3.05) is 0 Å². The summed E-state index contributed by atoms with van der Waals surface area (Å²) < 4.78 is 5.88. The highest BCUT2D eigenvalue weighted by Crippen LogP contribution is 2.35. The number of rotatable bonds is 6. The van der Waals surface area contributed by atoms with Gasteiger partial charge in [-0.3, -0.25) is 14.9 Å². The molecule has 3 aromatic carbocycles. The third-order valence-corrected chi connectivity index (χ3v) is 6.24. The van der Waals surface area contributed by atoms with Gasteiger partial charge in [-0.2, -0.15) is 0 Å². The SMILES string of the molecule is O=C1NC(=Nc2cccc(Cl)c2Cl)S/C1=C/c1ccccc1OCc1cccc([N+](=O)[O-])c1. The number of thioether (sulfide) groups is 1. The number of nitro benzene ring substituents is 1. The minimum absolute atomic E-state index is 0.00264. The quantitative estimate of drug-likeness (QED) is 0.241. The Morgan fingerprint density at radius 2 is 1.88 bits per heavy atom. The molecular weight excluding hydrogens is 485 g/mol. The topological polar surface area (TPSA) is 93.8 Å². The number of halogens is 2. The standard InChI is InChI=1S/C23H15Cl2N3O4S/c24-17-8-4-9-18(21(17)25)26-23-27-22(29)20(33-23)12-15-6-1-2-10-19(15)32-13-14-5-3-7-16(11-14)28(30)31/h1-12H,13H2,(H,26,27,29)/b20-12+. The Labute approximate surface area is 203 Å². The molecule has 0 radical (unpaired) electrons. The van der Waals surface area contributed by atoms with Crippen molar-refractivity contribution in [3.05, 3.63) is 103 Å².